The minimum Gasteiger partial charge on any atom is -0.264 e. The summed E-state index contributed by atoms with van der Waals surface area (Å²) < 4.78 is 0. The van der Waals surface area contributed by atoms with E-state index in [1.807, 2.05) is 30.3 Å². The van der Waals surface area contributed by atoms with Crippen LogP contribution in [-0.2, 0) is 0 Å². The van der Waals surface area contributed by atoms with Gasteiger partial charge in [0.2, 0.25) is 0 Å². The van der Waals surface area contributed by atoms with Crippen LogP contribution in [0.25, 0.3) is 37.2 Å². The molecule has 4 heterocycles. The smallest absolute Gasteiger partial charge is 0.166 e. The van der Waals surface area contributed by atoms with E-state index in [-0.39, 0.29) is 0 Å². The molecule has 0 aliphatic rings. The number of thiophene rings is 1. The van der Waals surface area contributed by atoms with Crippen LogP contribution >= 0.6 is 22.7 Å². The Morgan fingerprint density at radius 2 is 2.00 bits per heavy atom. The first-order chi connectivity index (χ1) is 12.8. The summed E-state index contributed by atoms with van der Waals surface area (Å²) in [7, 11) is 0. The van der Waals surface area contributed by atoms with Crippen molar-refractivity contribution in [1.29, 1.82) is 0 Å². The second-order valence-corrected chi connectivity index (χ2v) is 7.31. The van der Waals surface area contributed by atoms with Gasteiger partial charge in [-0.15, -0.1) is 21.5 Å². The Balaban J connectivity index is 1.72. The van der Waals surface area contributed by atoms with Crippen LogP contribution in [0.4, 0.5) is 0 Å². The molecule has 0 amide bonds. The van der Waals surface area contributed by atoms with Crippen molar-refractivity contribution in [3.63, 3.8) is 0 Å². The largest absolute Gasteiger partial charge is 0.264 e. The van der Waals surface area contributed by atoms with Crippen molar-refractivity contribution in [2.75, 3.05) is 0 Å². The van der Waals surface area contributed by atoms with Gasteiger partial charge in [0, 0.05) is 23.3 Å². The lowest BCUT2D eigenvalue weighted by atomic mass is 10.2. The molecule has 4 aromatic heterocycles. The molecule has 0 saturated heterocycles. The highest BCUT2D eigenvalue weighted by Gasteiger charge is 2.12. The molecule has 7 heteroatoms. The van der Waals surface area contributed by atoms with Gasteiger partial charge in [0.1, 0.15) is 15.5 Å². The zero-order valence-corrected chi connectivity index (χ0v) is 15.3. The zero-order valence-electron chi connectivity index (χ0n) is 13.7. The van der Waals surface area contributed by atoms with E-state index < -0.39 is 0 Å². The predicted molar refractivity (Wildman–Crippen MR) is 109 cm³/mol. The van der Waals surface area contributed by atoms with Crippen LogP contribution in [0, 0.1) is 0 Å². The minimum absolute atomic E-state index is 0.782. The summed E-state index contributed by atoms with van der Waals surface area (Å²) in [6.45, 7) is 7.34. The van der Waals surface area contributed by atoms with Crippen molar-refractivity contribution in [3.05, 3.63) is 66.3 Å². The summed E-state index contributed by atoms with van der Waals surface area (Å²) in [5.41, 5.74) is 2.55. The standard InChI is InChI=1S/C19H13N5S2/c1-3-5-14(20-2)16-10-12-7-8-15(22-17(12)25-16)19-24-23-18(26-19)13-6-4-9-21-11-13/h3-11H,1-2H2/b14-5-. The third-order valence-electron chi connectivity index (χ3n) is 3.63. The van der Waals surface area contributed by atoms with E-state index in [1.165, 1.54) is 11.3 Å². The van der Waals surface area contributed by atoms with Gasteiger partial charge in [-0.3, -0.25) is 9.98 Å². The Morgan fingerprint density at radius 1 is 1.12 bits per heavy atom. The molecule has 0 atom stereocenters. The molecule has 4 rings (SSSR count). The van der Waals surface area contributed by atoms with Gasteiger partial charge in [0.15, 0.2) is 5.01 Å². The van der Waals surface area contributed by atoms with Crippen molar-refractivity contribution in [2.45, 2.75) is 0 Å². The third-order valence-corrected chi connectivity index (χ3v) is 5.70. The fourth-order valence-corrected chi connectivity index (χ4v) is 4.24. The number of aromatic nitrogens is 4. The molecule has 0 unspecified atom stereocenters. The van der Waals surface area contributed by atoms with Crippen molar-refractivity contribution in [1.82, 2.24) is 20.2 Å². The average molecular weight is 375 g/mol. The van der Waals surface area contributed by atoms with Gasteiger partial charge in [-0.1, -0.05) is 24.0 Å². The van der Waals surface area contributed by atoms with Crippen LogP contribution in [0.3, 0.4) is 0 Å². The second-order valence-electron chi connectivity index (χ2n) is 5.30. The molecule has 4 aromatic rings. The molecule has 126 valence electrons. The number of rotatable bonds is 5. The van der Waals surface area contributed by atoms with E-state index in [1.54, 1.807) is 29.8 Å². The number of allylic oxidation sites excluding steroid dienone is 2. The third kappa shape index (κ3) is 3.10. The van der Waals surface area contributed by atoms with E-state index >= 15 is 0 Å². The second kappa shape index (κ2) is 7.07. The molecule has 0 radical (unpaired) electrons. The molecule has 26 heavy (non-hydrogen) atoms. The Labute approximate surface area is 158 Å². The molecule has 0 aromatic carbocycles. The van der Waals surface area contributed by atoms with Gasteiger partial charge >= 0.3 is 0 Å². The maximum Gasteiger partial charge on any atom is 0.166 e. The first-order valence-electron chi connectivity index (χ1n) is 7.73. The lowest BCUT2D eigenvalue weighted by molar-refractivity contribution is 1.09. The fraction of sp³-hybridized carbons (Fsp3) is 0. The quantitative estimate of drug-likeness (QED) is 0.359. The summed E-state index contributed by atoms with van der Waals surface area (Å²) >= 11 is 3.07. The first kappa shape index (κ1) is 16.4. The van der Waals surface area contributed by atoms with E-state index in [9.17, 15) is 0 Å². The number of aliphatic imine (C=N–C) groups is 1. The van der Waals surface area contributed by atoms with Crippen LogP contribution < -0.4 is 0 Å². The van der Waals surface area contributed by atoms with E-state index in [0.29, 0.717) is 0 Å². The number of hydrogen-bond donors (Lipinski definition) is 0. The molecule has 0 saturated carbocycles. The highest BCUT2D eigenvalue weighted by molar-refractivity contribution is 7.19. The molecule has 0 aliphatic heterocycles. The zero-order chi connectivity index (χ0) is 17.9. The topological polar surface area (TPSA) is 63.9 Å². The lowest BCUT2D eigenvalue weighted by Crippen LogP contribution is -1.81. The SMILES string of the molecule is C=C/C=C(\N=C)c1cc2ccc(-c3nnc(-c4cccnc4)s3)nc2s1. The normalized spacial score (nSPS) is 11.6. The summed E-state index contributed by atoms with van der Waals surface area (Å²) in [6, 6.07) is 9.91. The van der Waals surface area contributed by atoms with Gasteiger partial charge in [-0.25, -0.2) is 4.98 Å². The molecule has 0 spiro atoms. The van der Waals surface area contributed by atoms with Gasteiger partial charge < -0.3 is 0 Å². The average Bonchev–Trinajstić information content (AvgIpc) is 3.33. The summed E-state index contributed by atoms with van der Waals surface area (Å²) in [5, 5.41) is 11.2. The fourth-order valence-electron chi connectivity index (χ4n) is 2.42. The Hall–Kier alpha value is -3.03. The number of hydrogen-bond acceptors (Lipinski definition) is 7. The van der Waals surface area contributed by atoms with Gasteiger partial charge in [0.05, 0.1) is 10.6 Å². The van der Waals surface area contributed by atoms with Crippen LogP contribution in [-0.4, -0.2) is 26.9 Å². The Bertz CT molecular complexity index is 1130. The van der Waals surface area contributed by atoms with Crippen molar-refractivity contribution >= 4 is 45.3 Å². The summed E-state index contributed by atoms with van der Waals surface area (Å²) in [5.74, 6) is 0. The maximum atomic E-state index is 4.75. The van der Waals surface area contributed by atoms with Crippen LogP contribution in [0.15, 0.2) is 66.4 Å². The van der Waals surface area contributed by atoms with Crippen LogP contribution in [0.1, 0.15) is 4.88 Å². The van der Waals surface area contributed by atoms with E-state index in [4.69, 9.17) is 4.98 Å². The molecular weight excluding hydrogens is 362 g/mol. The molecular formula is C19H13N5S2. The monoisotopic (exact) mass is 375 g/mol. The van der Waals surface area contributed by atoms with E-state index in [0.717, 1.165) is 42.1 Å². The lowest BCUT2D eigenvalue weighted by Gasteiger charge is -1.94. The Morgan fingerprint density at radius 3 is 2.77 bits per heavy atom. The summed E-state index contributed by atoms with van der Waals surface area (Å²) in [4.78, 5) is 14.9. The Kier molecular flexibility index (Phi) is 4.47. The molecule has 0 N–H and O–H groups in total. The highest BCUT2D eigenvalue weighted by atomic mass is 32.1. The first-order valence-corrected chi connectivity index (χ1v) is 9.36. The molecule has 0 fully saturated rings. The molecule has 0 bridgehead atoms. The van der Waals surface area contributed by atoms with Gasteiger partial charge in [-0.05, 0) is 43.1 Å². The number of fused-ring (bicyclic) bond motifs is 1. The van der Waals surface area contributed by atoms with Crippen molar-refractivity contribution in [2.24, 2.45) is 4.99 Å². The minimum atomic E-state index is 0.782. The van der Waals surface area contributed by atoms with Gasteiger partial charge in [0.25, 0.3) is 0 Å². The van der Waals surface area contributed by atoms with Crippen molar-refractivity contribution < 1.29 is 0 Å². The molecule has 5 nitrogen and oxygen atoms in total. The highest BCUT2D eigenvalue weighted by Crippen LogP contribution is 2.33. The number of pyridine rings is 2. The summed E-state index contributed by atoms with van der Waals surface area (Å²) in [6.07, 6.45) is 7.06. The number of nitrogens with zero attached hydrogens (tertiary/aromatic N) is 5. The van der Waals surface area contributed by atoms with Gasteiger partial charge in [-0.2, -0.15) is 0 Å². The van der Waals surface area contributed by atoms with E-state index in [2.05, 4.69) is 39.5 Å². The van der Waals surface area contributed by atoms with Crippen molar-refractivity contribution in [3.8, 4) is 21.3 Å². The van der Waals surface area contributed by atoms with Crippen LogP contribution in [0.5, 0.6) is 0 Å². The predicted octanol–water partition coefficient (Wildman–Crippen LogP) is 5.10. The van der Waals surface area contributed by atoms with Crippen LogP contribution in [0.2, 0.25) is 0 Å². The maximum absolute atomic E-state index is 4.75. The molecule has 0 aliphatic carbocycles.